The fraction of sp³-hybridized carbons (Fsp3) is 0.560. The molecule has 0 amide bonds. The summed E-state index contributed by atoms with van der Waals surface area (Å²) in [5.41, 5.74) is 3.98. The smallest absolute Gasteiger partial charge is 0.161 e. The third kappa shape index (κ3) is 2.60. The minimum atomic E-state index is -0.273. The van der Waals surface area contributed by atoms with E-state index in [9.17, 15) is 9.90 Å². The Morgan fingerprint density at radius 2 is 2.20 bits per heavy atom. The van der Waals surface area contributed by atoms with Gasteiger partial charge in [0.15, 0.2) is 11.5 Å². The van der Waals surface area contributed by atoms with Gasteiger partial charge in [0.2, 0.25) is 0 Å². The Morgan fingerprint density at radius 1 is 1.33 bits per heavy atom. The van der Waals surface area contributed by atoms with Gasteiger partial charge in [-0.3, -0.25) is 9.69 Å². The number of fused-ring (bicyclic) bond motifs is 1. The van der Waals surface area contributed by atoms with E-state index < -0.39 is 0 Å². The summed E-state index contributed by atoms with van der Waals surface area (Å²) in [5, 5.41) is 11.3. The molecule has 1 aliphatic heterocycles. The van der Waals surface area contributed by atoms with E-state index in [-0.39, 0.29) is 11.2 Å². The Morgan fingerprint density at radius 3 is 2.93 bits per heavy atom. The zero-order valence-corrected chi connectivity index (χ0v) is 17.5. The van der Waals surface area contributed by atoms with Crippen LogP contribution < -0.4 is 4.74 Å². The van der Waals surface area contributed by atoms with Gasteiger partial charge in [0.05, 0.1) is 19.6 Å². The number of likely N-dealkylation sites (tertiary alicyclic amines) is 1. The molecule has 3 fully saturated rings. The Kier molecular flexibility index (Phi) is 4.08. The normalized spacial score (nSPS) is 30.6. The van der Waals surface area contributed by atoms with Crippen LogP contribution in [0.25, 0.3) is 11.1 Å². The van der Waals surface area contributed by atoms with Crippen LogP contribution >= 0.6 is 0 Å². The van der Waals surface area contributed by atoms with Crippen LogP contribution in [0.1, 0.15) is 49.7 Å². The van der Waals surface area contributed by atoms with Crippen molar-refractivity contribution >= 4 is 5.78 Å². The molecule has 2 aromatic rings. The first-order valence-corrected chi connectivity index (χ1v) is 11.3. The highest BCUT2D eigenvalue weighted by molar-refractivity contribution is 5.83. The predicted molar refractivity (Wildman–Crippen MR) is 113 cm³/mol. The van der Waals surface area contributed by atoms with E-state index in [2.05, 4.69) is 4.90 Å². The molecule has 2 saturated carbocycles. The minimum Gasteiger partial charge on any atom is -0.504 e. The van der Waals surface area contributed by atoms with Gasteiger partial charge in [-0.25, -0.2) is 0 Å². The van der Waals surface area contributed by atoms with Gasteiger partial charge in [0.25, 0.3) is 0 Å². The molecule has 3 unspecified atom stereocenters. The van der Waals surface area contributed by atoms with Gasteiger partial charge in [-0.2, -0.15) is 0 Å². The van der Waals surface area contributed by atoms with Crippen LogP contribution in [-0.2, 0) is 16.6 Å². The van der Waals surface area contributed by atoms with Crippen molar-refractivity contribution in [3.63, 3.8) is 0 Å². The van der Waals surface area contributed by atoms with Crippen LogP contribution in [0.5, 0.6) is 11.5 Å². The maximum Gasteiger partial charge on any atom is 0.161 e. The number of rotatable bonds is 4. The number of ether oxygens (including phenoxy) is 1. The summed E-state index contributed by atoms with van der Waals surface area (Å²) < 4.78 is 11.0. The standard InChI is InChI=1S/C25H29NO4/c1-29-22-11-18(16-6-9-30-14-16)19-10-21-20-5-4-17(27)12-25(20,23(19)24(22)28)7-8-26(21)13-15-2-3-15/h6,9,11,14-15,20-21,28H,2-5,7-8,10,12-13H2,1H3. The van der Waals surface area contributed by atoms with E-state index in [0.717, 1.165) is 48.4 Å². The number of phenols is 1. The van der Waals surface area contributed by atoms with E-state index in [4.69, 9.17) is 9.15 Å². The molecule has 6 rings (SSSR count). The Labute approximate surface area is 177 Å². The number of benzene rings is 1. The highest BCUT2D eigenvalue weighted by Crippen LogP contribution is 2.60. The molecule has 3 atom stereocenters. The lowest BCUT2D eigenvalue weighted by atomic mass is 9.51. The van der Waals surface area contributed by atoms with E-state index in [0.29, 0.717) is 36.3 Å². The van der Waals surface area contributed by atoms with E-state index in [1.165, 1.54) is 24.9 Å². The van der Waals surface area contributed by atoms with Crippen molar-refractivity contribution in [2.75, 3.05) is 20.2 Å². The Hall–Kier alpha value is -2.27. The molecule has 2 bridgehead atoms. The summed E-state index contributed by atoms with van der Waals surface area (Å²) >= 11 is 0. The first kappa shape index (κ1) is 18.5. The van der Waals surface area contributed by atoms with E-state index in [1.54, 1.807) is 19.6 Å². The summed E-state index contributed by atoms with van der Waals surface area (Å²) in [7, 11) is 1.60. The number of hydrogen-bond acceptors (Lipinski definition) is 5. The first-order chi connectivity index (χ1) is 14.6. The number of hydrogen-bond donors (Lipinski definition) is 1. The zero-order chi connectivity index (χ0) is 20.5. The van der Waals surface area contributed by atoms with Gasteiger partial charge in [-0.15, -0.1) is 0 Å². The monoisotopic (exact) mass is 407 g/mol. The van der Waals surface area contributed by atoms with Gasteiger partial charge in [-0.1, -0.05) is 0 Å². The fourth-order valence-corrected chi connectivity index (χ4v) is 6.77. The second-order valence-corrected chi connectivity index (χ2v) is 9.82. The minimum absolute atomic E-state index is 0.244. The van der Waals surface area contributed by atoms with Gasteiger partial charge < -0.3 is 14.3 Å². The number of piperidine rings is 1. The van der Waals surface area contributed by atoms with Gasteiger partial charge >= 0.3 is 0 Å². The van der Waals surface area contributed by atoms with Crippen molar-refractivity contribution in [3.8, 4) is 22.6 Å². The molecule has 1 saturated heterocycles. The number of Topliss-reactive ketones (excluding diaryl/α,β-unsaturated/α-hetero) is 1. The van der Waals surface area contributed by atoms with Crippen molar-refractivity contribution < 1.29 is 19.1 Å². The van der Waals surface area contributed by atoms with Crippen molar-refractivity contribution in [2.45, 2.75) is 56.4 Å². The molecule has 3 aliphatic carbocycles. The topological polar surface area (TPSA) is 62.9 Å². The Bertz CT molecular complexity index is 993. The lowest BCUT2D eigenvalue weighted by Crippen LogP contribution is -2.62. The number of methoxy groups -OCH3 is 1. The van der Waals surface area contributed by atoms with Crippen LogP contribution in [0.15, 0.2) is 29.1 Å². The lowest BCUT2D eigenvalue weighted by Gasteiger charge is -2.59. The third-order valence-corrected chi connectivity index (χ3v) is 8.26. The number of furan rings is 1. The molecule has 1 aromatic carbocycles. The summed E-state index contributed by atoms with van der Waals surface area (Å²) in [6.45, 7) is 2.20. The van der Waals surface area contributed by atoms with Crippen LogP contribution in [-0.4, -0.2) is 42.0 Å². The molecule has 0 spiro atoms. The molecular formula is C25H29NO4. The quantitative estimate of drug-likeness (QED) is 0.818. The molecule has 1 aromatic heterocycles. The van der Waals surface area contributed by atoms with Crippen LogP contribution in [0, 0.1) is 11.8 Å². The summed E-state index contributed by atoms with van der Waals surface area (Å²) in [6.07, 6.45) is 10.2. The number of aromatic hydroxyl groups is 1. The first-order valence-electron chi connectivity index (χ1n) is 11.3. The van der Waals surface area contributed by atoms with Crippen LogP contribution in [0.3, 0.4) is 0 Å². The van der Waals surface area contributed by atoms with Gasteiger partial charge in [-0.05, 0) is 73.7 Å². The lowest BCUT2D eigenvalue weighted by molar-refractivity contribution is -0.127. The molecular weight excluding hydrogens is 378 g/mol. The summed E-state index contributed by atoms with van der Waals surface area (Å²) in [4.78, 5) is 15.4. The van der Waals surface area contributed by atoms with Crippen molar-refractivity contribution in [1.29, 1.82) is 0 Å². The zero-order valence-electron chi connectivity index (χ0n) is 17.5. The van der Waals surface area contributed by atoms with E-state index >= 15 is 0 Å². The van der Waals surface area contributed by atoms with Gasteiger partial charge in [0.1, 0.15) is 5.78 Å². The maximum absolute atomic E-state index is 12.7. The van der Waals surface area contributed by atoms with Crippen molar-refractivity contribution in [3.05, 3.63) is 35.8 Å². The van der Waals surface area contributed by atoms with Crippen LogP contribution in [0.4, 0.5) is 0 Å². The molecule has 4 aliphatic rings. The van der Waals surface area contributed by atoms with E-state index in [1.807, 2.05) is 12.1 Å². The summed E-state index contributed by atoms with van der Waals surface area (Å²) in [5.74, 6) is 2.34. The highest BCUT2D eigenvalue weighted by Gasteiger charge is 2.57. The number of nitrogens with zero attached hydrogens (tertiary/aromatic N) is 1. The van der Waals surface area contributed by atoms with Gasteiger partial charge in [0, 0.05) is 42.0 Å². The van der Waals surface area contributed by atoms with Crippen molar-refractivity contribution in [2.24, 2.45) is 11.8 Å². The van der Waals surface area contributed by atoms with Crippen molar-refractivity contribution in [1.82, 2.24) is 4.90 Å². The Balaban J connectivity index is 1.57. The molecule has 30 heavy (non-hydrogen) atoms. The number of carbonyl (C=O) groups excluding carboxylic acids is 1. The predicted octanol–water partition coefficient (Wildman–Crippen LogP) is 4.31. The molecule has 2 heterocycles. The summed E-state index contributed by atoms with van der Waals surface area (Å²) in [6, 6.07) is 4.36. The maximum atomic E-state index is 12.7. The fourth-order valence-electron chi connectivity index (χ4n) is 6.77. The number of phenolic OH excluding ortho intramolecular Hbond substituents is 1. The second kappa shape index (κ2) is 6.61. The highest BCUT2D eigenvalue weighted by atomic mass is 16.5. The van der Waals surface area contributed by atoms with Crippen LogP contribution in [0.2, 0.25) is 0 Å². The average Bonchev–Trinajstić information content (AvgIpc) is 3.39. The number of ketones is 1. The second-order valence-electron chi connectivity index (χ2n) is 9.82. The number of carbonyl (C=O) groups is 1. The molecule has 158 valence electrons. The molecule has 5 heteroatoms. The average molecular weight is 408 g/mol. The largest absolute Gasteiger partial charge is 0.504 e. The third-order valence-electron chi connectivity index (χ3n) is 8.26. The molecule has 1 N–H and O–H groups in total. The molecule has 5 nitrogen and oxygen atoms in total. The molecule has 0 radical (unpaired) electrons. The SMILES string of the molecule is COc1cc(-c2ccoc2)c2c(c1O)C13CCN(CC4CC4)C(C2)C1CCC(=O)C3.